The van der Waals surface area contributed by atoms with Gasteiger partial charge in [-0.15, -0.1) is 0 Å². The fourth-order valence-corrected chi connectivity index (χ4v) is 1.63. The fraction of sp³-hybridized carbons (Fsp3) is 0.0714. The van der Waals surface area contributed by atoms with Gasteiger partial charge >= 0.3 is 0 Å². The average Bonchev–Trinajstić information content (AvgIpc) is 2.34. The molecule has 0 N–H and O–H groups in total. The number of carbonyl (C=O) groups is 1. The van der Waals surface area contributed by atoms with Crippen molar-refractivity contribution in [1.29, 1.82) is 0 Å². The topological polar surface area (TPSA) is 17.1 Å². The van der Waals surface area contributed by atoms with Crippen molar-refractivity contribution in [3.63, 3.8) is 0 Å². The first kappa shape index (κ1) is 12.4. The number of rotatable bonds is 3. The minimum atomic E-state index is -0.680. The lowest BCUT2D eigenvalue weighted by molar-refractivity contribution is 0.0988. The van der Waals surface area contributed by atoms with Crippen LogP contribution in [0.25, 0.3) is 0 Å². The van der Waals surface area contributed by atoms with Crippen LogP contribution in [0.15, 0.2) is 42.5 Å². The molecule has 0 spiro atoms. The van der Waals surface area contributed by atoms with Gasteiger partial charge in [0.05, 0.1) is 5.56 Å². The van der Waals surface area contributed by atoms with Crippen molar-refractivity contribution in [3.05, 3.63) is 71.0 Å². The second-order valence-electron chi connectivity index (χ2n) is 3.82. The molecule has 0 heterocycles. The Morgan fingerprint density at radius 2 is 1.67 bits per heavy atom. The van der Waals surface area contributed by atoms with Crippen LogP contribution in [0.4, 0.5) is 13.2 Å². The molecular formula is C14H9F3O. The van der Waals surface area contributed by atoms with E-state index >= 15 is 0 Å². The Morgan fingerprint density at radius 3 is 2.39 bits per heavy atom. The zero-order valence-corrected chi connectivity index (χ0v) is 9.29. The molecule has 0 radical (unpaired) electrons. The normalized spacial score (nSPS) is 10.4. The van der Waals surface area contributed by atoms with Crippen molar-refractivity contribution in [2.24, 2.45) is 0 Å². The molecule has 1 nitrogen and oxygen atoms in total. The van der Waals surface area contributed by atoms with E-state index in [-0.39, 0.29) is 17.5 Å². The molecule has 0 unspecified atom stereocenters. The summed E-state index contributed by atoms with van der Waals surface area (Å²) in [5, 5.41) is 0. The Hall–Kier alpha value is -2.10. The van der Waals surface area contributed by atoms with Gasteiger partial charge in [0.25, 0.3) is 0 Å². The lowest BCUT2D eigenvalue weighted by Gasteiger charge is -2.04. The molecule has 0 atom stereocenters. The lowest BCUT2D eigenvalue weighted by Crippen LogP contribution is -2.07. The highest BCUT2D eigenvalue weighted by molar-refractivity contribution is 5.97. The molecule has 0 aliphatic rings. The lowest BCUT2D eigenvalue weighted by atomic mass is 10.0. The number of hydrogen-bond donors (Lipinski definition) is 0. The van der Waals surface area contributed by atoms with Gasteiger partial charge in [-0.25, -0.2) is 13.2 Å². The quantitative estimate of drug-likeness (QED) is 0.761. The predicted molar refractivity (Wildman–Crippen MR) is 60.8 cm³/mol. The van der Waals surface area contributed by atoms with Gasteiger partial charge in [0.2, 0.25) is 0 Å². The molecule has 18 heavy (non-hydrogen) atoms. The molecule has 2 aromatic rings. The molecule has 4 heteroatoms. The molecule has 92 valence electrons. The van der Waals surface area contributed by atoms with Crippen LogP contribution in [0.5, 0.6) is 0 Å². The molecule has 0 saturated heterocycles. The van der Waals surface area contributed by atoms with E-state index in [4.69, 9.17) is 0 Å². The van der Waals surface area contributed by atoms with Crippen LogP contribution in [0.3, 0.4) is 0 Å². The van der Waals surface area contributed by atoms with Crippen molar-refractivity contribution in [2.75, 3.05) is 0 Å². The maximum Gasteiger partial charge on any atom is 0.170 e. The summed E-state index contributed by atoms with van der Waals surface area (Å²) < 4.78 is 39.6. The van der Waals surface area contributed by atoms with Crippen LogP contribution < -0.4 is 0 Å². The maximum absolute atomic E-state index is 13.3. The number of halogens is 3. The van der Waals surface area contributed by atoms with E-state index in [1.165, 1.54) is 18.2 Å². The molecule has 0 fully saturated rings. The number of Topliss-reactive ketones (excluding diaryl/α,β-unsaturated/α-hetero) is 1. The molecule has 2 rings (SSSR count). The van der Waals surface area contributed by atoms with Gasteiger partial charge in [-0.05, 0) is 35.9 Å². The van der Waals surface area contributed by atoms with E-state index in [1.54, 1.807) is 0 Å². The van der Waals surface area contributed by atoms with E-state index in [2.05, 4.69) is 0 Å². The van der Waals surface area contributed by atoms with Crippen LogP contribution in [0.1, 0.15) is 15.9 Å². The summed E-state index contributed by atoms with van der Waals surface area (Å²) in [6.45, 7) is 0. The zero-order valence-electron chi connectivity index (χ0n) is 9.29. The molecule has 0 saturated carbocycles. The third kappa shape index (κ3) is 2.59. The van der Waals surface area contributed by atoms with Crippen LogP contribution in [0.2, 0.25) is 0 Å². The second-order valence-corrected chi connectivity index (χ2v) is 3.82. The van der Waals surface area contributed by atoms with Crippen LogP contribution >= 0.6 is 0 Å². The number of carbonyl (C=O) groups excluding carboxylic acids is 1. The average molecular weight is 250 g/mol. The van der Waals surface area contributed by atoms with Gasteiger partial charge in [0.1, 0.15) is 17.5 Å². The van der Waals surface area contributed by atoms with Gasteiger partial charge in [-0.3, -0.25) is 4.79 Å². The fourth-order valence-electron chi connectivity index (χ4n) is 1.63. The van der Waals surface area contributed by atoms with Crippen LogP contribution in [-0.2, 0) is 6.42 Å². The van der Waals surface area contributed by atoms with E-state index < -0.39 is 23.2 Å². The molecule has 0 bridgehead atoms. The minimum absolute atomic E-state index is 0.0803. The van der Waals surface area contributed by atoms with E-state index in [0.717, 1.165) is 24.3 Å². The van der Waals surface area contributed by atoms with Crippen molar-refractivity contribution < 1.29 is 18.0 Å². The first-order valence-electron chi connectivity index (χ1n) is 5.29. The molecule has 0 amide bonds. The largest absolute Gasteiger partial charge is 0.294 e. The summed E-state index contributed by atoms with van der Waals surface area (Å²) in [7, 11) is 0. The smallest absolute Gasteiger partial charge is 0.170 e. The summed E-state index contributed by atoms with van der Waals surface area (Å²) in [5.41, 5.74) is -0.204. The first-order chi connectivity index (χ1) is 8.58. The summed E-state index contributed by atoms with van der Waals surface area (Å²) >= 11 is 0. The van der Waals surface area contributed by atoms with Gasteiger partial charge in [0.15, 0.2) is 5.78 Å². The van der Waals surface area contributed by atoms with Gasteiger partial charge < -0.3 is 0 Å². The van der Waals surface area contributed by atoms with Crippen molar-refractivity contribution in [2.45, 2.75) is 6.42 Å². The Morgan fingerprint density at radius 1 is 0.944 bits per heavy atom. The van der Waals surface area contributed by atoms with Gasteiger partial charge in [-0.1, -0.05) is 12.1 Å². The Bertz CT molecular complexity index is 593. The first-order valence-corrected chi connectivity index (χ1v) is 5.29. The third-order valence-corrected chi connectivity index (χ3v) is 2.53. The Kier molecular flexibility index (Phi) is 3.46. The molecule has 0 aliphatic heterocycles. The van der Waals surface area contributed by atoms with Crippen LogP contribution in [0, 0.1) is 17.5 Å². The molecule has 2 aromatic carbocycles. The maximum atomic E-state index is 13.3. The van der Waals surface area contributed by atoms with Crippen molar-refractivity contribution >= 4 is 5.78 Å². The Labute approximate surface area is 102 Å². The second kappa shape index (κ2) is 5.04. The van der Waals surface area contributed by atoms with E-state index in [9.17, 15) is 18.0 Å². The van der Waals surface area contributed by atoms with Crippen molar-refractivity contribution in [1.82, 2.24) is 0 Å². The number of benzene rings is 2. The van der Waals surface area contributed by atoms with Gasteiger partial charge in [0, 0.05) is 6.42 Å². The highest BCUT2D eigenvalue weighted by Crippen LogP contribution is 2.15. The summed E-state index contributed by atoms with van der Waals surface area (Å²) in [4.78, 5) is 11.8. The highest BCUT2D eigenvalue weighted by atomic mass is 19.1. The predicted octanol–water partition coefficient (Wildman–Crippen LogP) is 3.53. The zero-order chi connectivity index (χ0) is 13.1. The minimum Gasteiger partial charge on any atom is -0.294 e. The van der Waals surface area contributed by atoms with Crippen LogP contribution in [-0.4, -0.2) is 5.78 Å². The summed E-state index contributed by atoms with van der Waals surface area (Å²) in [6.07, 6.45) is -0.371. The Balaban J connectivity index is 2.27. The van der Waals surface area contributed by atoms with Gasteiger partial charge in [-0.2, -0.15) is 0 Å². The standard InChI is InChI=1S/C14H9F3O/c15-10-5-6-12(16)9(7-10)8-14(18)11-3-1-2-4-13(11)17/h1-7H,8H2. The van der Waals surface area contributed by atoms with E-state index in [1.807, 2.05) is 0 Å². The monoisotopic (exact) mass is 250 g/mol. The summed E-state index contributed by atoms with van der Waals surface area (Å²) in [6, 6.07) is 8.27. The number of ketones is 1. The van der Waals surface area contributed by atoms with E-state index in [0.29, 0.717) is 0 Å². The molecule has 0 aliphatic carbocycles. The molecular weight excluding hydrogens is 241 g/mol. The third-order valence-electron chi connectivity index (χ3n) is 2.53. The number of hydrogen-bond acceptors (Lipinski definition) is 1. The highest BCUT2D eigenvalue weighted by Gasteiger charge is 2.14. The molecule has 0 aromatic heterocycles. The summed E-state index contributed by atoms with van der Waals surface area (Å²) in [5.74, 6) is -2.56. The van der Waals surface area contributed by atoms with Crippen molar-refractivity contribution in [3.8, 4) is 0 Å². The SMILES string of the molecule is O=C(Cc1cc(F)ccc1F)c1ccccc1F.